The Hall–Kier alpha value is -1.75. The Bertz CT molecular complexity index is 475. The number of rotatable bonds is 9. The van der Waals surface area contributed by atoms with E-state index in [1.807, 2.05) is 32.0 Å². The van der Waals surface area contributed by atoms with Gasteiger partial charge in [0, 0.05) is 6.42 Å². The van der Waals surface area contributed by atoms with Crippen molar-refractivity contribution >= 4 is 5.97 Å². The summed E-state index contributed by atoms with van der Waals surface area (Å²) >= 11 is 0. The largest absolute Gasteiger partial charge is 0.493 e. The maximum absolute atomic E-state index is 11.4. The molecule has 1 rings (SSSR count). The summed E-state index contributed by atoms with van der Waals surface area (Å²) in [5.41, 5.74) is 0.104. The third kappa shape index (κ3) is 4.93. The van der Waals surface area contributed by atoms with E-state index in [-0.39, 0.29) is 0 Å². The summed E-state index contributed by atoms with van der Waals surface area (Å²) in [5.74, 6) is 0.426. The van der Waals surface area contributed by atoms with E-state index in [4.69, 9.17) is 9.47 Å². The lowest BCUT2D eigenvalue weighted by Gasteiger charge is -2.26. The Kier molecular flexibility index (Phi) is 6.49. The van der Waals surface area contributed by atoms with E-state index in [0.29, 0.717) is 31.1 Å². The molecule has 0 bridgehead atoms. The van der Waals surface area contributed by atoms with Crippen LogP contribution in [0.5, 0.6) is 11.5 Å². The number of aryl methyl sites for hydroxylation is 1. The Morgan fingerprint density at radius 3 is 2.67 bits per heavy atom. The fraction of sp³-hybridized carbons (Fsp3) is 0.562. The molecule has 1 atom stereocenters. The van der Waals surface area contributed by atoms with Crippen LogP contribution in [0.15, 0.2) is 18.2 Å². The second-order valence-corrected chi connectivity index (χ2v) is 5.32. The molecule has 0 aliphatic rings. The quantitative estimate of drug-likeness (QED) is 0.733. The molecule has 1 aromatic rings. The summed E-state index contributed by atoms with van der Waals surface area (Å²) in [4.78, 5) is 11.4. The van der Waals surface area contributed by atoms with Gasteiger partial charge in [-0.3, -0.25) is 4.79 Å². The highest BCUT2D eigenvalue weighted by atomic mass is 16.5. The van der Waals surface area contributed by atoms with Gasteiger partial charge < -0.3 is 19.9 Å². The zero-order valence-corrected chi connectivity index (χ0v) is 13.2. The van der Waals surface area contributed by atoms with Crippen LogP contribution >= 0.6 is 0 Å². The molecule has 5 heteroatoms. The van der Waals surface area contributed by atoms with Gasteiger partial charge in [0.05, 0.1) is 13.7 Å². The number of benzene rings is 1. The first kappa shape index (κ1) is 17.3. The fourth-order valence-electron chi connectivity index (χ4n) is 1.93. The smallest absolute Gasteiger partial charge is 0.323 e. The van der Waals surface area contributed by atoms with Crippen LogP contribution in [-0.4, -0.2) is 36.9 Å². The van der Waals surface area contributed by atoms with E-state index in [0.717, 1.165) is 12.0 Å². The molecule has 5 nitrogen and oxygen atoms in total. The molecule has 0 aliphatic carbocycles. The highest BCUT2D eigenvalue weighted by molar-refractivity contribution is 5.78. The number of nitrogens with one attached hydrogen (secondary N) is 1. The van der Waals surface area contributed by atoms with E-state index in [2.05, 4.69) is 5.32 Å². The molecule has 0 heterocycles. The van der Waals surface area contributed by atoms with Crippen LogP contribution in [0.4, 0.5) is 0 Å². The summed E-state index contributed by atoms with van der Waals surface area (Å²) < 4.78 is 10.9. The molecule has 0 fully saturated rings. The van der Waals surface area contributed by atoms with Gasteiger partial charge >= 0.3 is 5.97 Å². The number of methoxy groups -OCH3 is 1. The van der Waals surface area contributed by atoms with E-state index < -0.39 is 11.5 Å². The van der Waals surface area contributed by atoms with E-state index in [1.165, 1.54) is 0 Å². The maximum atomic E-state index is 11.4. The molecule has 2 N–H and O–H groups in total. The zero-order chi connectivity index (χ0) is 15.9. The first-order valence-corrected chi connectivity index (χ1v) is 7.19. The van der Waals surface area contributed by atoms with Crippen LogP contribution in [0.3, 0.4) is 0 Å². The molecule has 21 heavy (non-hydrogen) atoms. The summed E-state index contributed by atoms with van der Waals surface area (Å²) in [6.45, 7) is 6.63. The first-order chi connectivity index (χ1) is 9.92. The highest BCUT2D eigenvalue weighted by Gasteiger charge is 2.32. The molecule has 0 spiro atoms. The normalized spacial score (nSPS) is 13.5. The van der Waals surface area contributed by atoms with Crippen molar-refractivity contribution in [1.29, 1.82) is 0 Å². The van der Waals surface area contributed by atoms with Crippen LogP contribution in [0, 0.1) is 6.92 Å². The fourth-order valence-corrected chi connectivity index (χ4v) is 1.93. The third-order valence-electron chi connectivity index (χ3n) is 3.42. The van der Waals surface area contributed by atoms with E-state index >= 15 is 0 Å². The average molecular weight is 295 g/mol. The maximum Gasteiger partial charge on any atom is 0.323 e. The SMILES string of the molecule is CCCNC(C)(CCOc1ccc(C)cc1OC)C(=O)O. The number of hydrogen-bond acceptors (Lipinski definition) is 4. The van der Waals surface area contributed by atoms with Crippen molar-refractivity contribution in [3.8, 4) is 11.5 Å². The molecule has 0 saturated carbocycles. The van der Waals surface area contributed by atoms with Crippen LogP contribution in [0.25, 0.3) is 0 Å². The van der Waals surface area contributed by atoms with Crippen LogP contribution in [0.2, 0.25) is 0 Å². The number of hydrogen-bond donors (Lipinski definition) is 2. The van der Waals surface area contributed by atoms with E-state index in [1.54, 1.807) is 14.0 Å². The van der Waals surface area contributed by atoms with Crippen molar-refractivity contribution in [2.75, 3.05) is 20.3 Å². The van der Waals surface area contributed by atoms with Crippen molar-refractivity contribution in [2.24, 2.45) is 0 Å². The Morgan fingerprint density at radius 1 is 1.38 bits per heavy atom. The van der Waals surface area contributed by atoms with Gasteiger partial charge in [-0.25, -0.2) is 0 Å². The molecule has 0 amide bonds. The Balaban J connectivity index is 2.64. The molecule has 0 aliphatic heterocycles. The van der Waals surface area contributed by atoms with Crippen LogP contribution in [0.1, 0.15) is 32.3 Å². The van der Waals surface area contributed by atoms with Gasteiger partial charge in [-0.1, -0.05) is 13.0 Å². The predicted octanol–water partition coefficient (Wildman–Crippen LogP) is 2.62. The minimum Gasteiger partial charge on any atom is -0.493 e. The molecule has 1 unspecified atom stereocenters. The summed E-state index contributed by atoms with van der Waals surface area (Å²) in [6, 6.07) is 5.66. The average Bonchev–Trinajstić information content (AvgIpc) is 2.46. The van der Waals surface area contributed by atoms with Crippen molar-refractivity contribution in [3.63, 3.8) is 0 Å². The van der Waals surface area contributed by atoms with Gasteiger partial charge in [0.2, 0.25) is 0 Å². The van der Waals surface area contributed by atoms with Gasteiger partial charge in [0.15, 0.2) is 11.5 Å². The van der Waals surface area contributed by atoms with Gasteiger partial charge in [0.1, 0.15) is 5.54 Å². The minimum absolute atomic E-state index is 0.304. The minimum atomic E-state index is -0.978. The molecule has 0 saturated heterocycles. The van der Waals surface area contributed by atoms with Crippen molar-refractivity contribution in [1.82, 2.24) is 5.32 Å². The van der Waals surface area contributed by atoms with Crippen molar-refractivity contribution in [2.45, 2.75) is 39.2 Å². The second-order valence-electron chi connectivity index (χ2n) is 5.32. The second kappa shape index (κ2) is 7.88. The number of carbonyl (C=O) groups is 1. The molecule has 118 valence electrons. The molecule has 1 aromatic carbocycles. The van der Waals surface area contributed by atoms with Crippen molar-refractivity contribution < 1.29 is 19.4 Å². The monoisotopic (exact) mass is 295 g/mol. The first-order valence-electron chi connectivity index (χ1n) is 7.19. The van der Waals surface area contributed by atoms with E-state index in [9.17, 15) is 9.90 Å². The lowest BCUT2D eigenvalue weighted by atomic mass is 9.98. The van der Waals surface area contributed by atoms with Gasteiger partial charge in [-0.05, 0) is 44.5 Å². The highest BCUT2D eigenvalue weighted by Crippen LogP contribution is 2.28. The Labute approximate surface area is 126 Å². The molecule has 0 radical (unpaired) electrons. The summed E-state index contributed by atoms with van der Waals surface area (Å²) in [7, 11) is 1.59. The number of carboxylic acids is 1. The third-order valence-corrected chi connectivity index (χ3v) is 3.42. The predicted molar refractivity (Wildman–Crippen MR) is 82.2 cm³/mol. The number of ether oxygens (including phenoxy) is 2. The molecular weight excluding hydrogens is 270 g/mol. The lowest BCUT2D eigenvalue weighted by molar-refractivity contribution is -0.144. The van der Waals surface area contributed by atoms with Gasteiger partial charge in [0.25, 0.3) is 0 Å². The van der Waals surface area contributed by atoms with Gasteiger partial charge in [-0.2, -0.15) is 0 Å². The number of carboxylic acid groups (broad SMARTS) is 1. The molecule has 0 aromatic heterocycles. The standard InChI is InChI=1S/C16H25NO4/c1-5-9-17-16(3,15(18)19)8-10-21-13-7-6-12(2)11-14(13)20-4/h6-7,11,17H,5,8-10H2,1-4H3,(H,18,19). The zero-order valence-electron chi connectivity index (χ0n) is 13.2. The molecular formula is C16H25NO4. The Morgan fingerprint density at radius 2 is 2.10 bits per heavy atom. The summed E-state index contributed by atoms with van der Waals surface area (Å²) in [5, 5.41) is 12.4. The summed E-state index contributed by atoms with van der Waals surface area (Å²) in [6.07, 6.45) is 1.26. The van der Waals surface area contributed by atoms with Gasteiger partial charge in [-0.15, -0.1) is 0 Å². The lowest BCUT2D eigenvalue weighted by Crippen LogP contribution is -2.50. The number of aliphatic carboxylic acids is 1. The van der Waals surface area contributed by atoms with Crippen molar-refractivity contribution in [3.05, 3.63) is 23.8 Å². The topological polar surface area (TPSA) is 67.8 Å². The van der Waals surface area contributed by atoms with Crippen LogP contribution in [-0.2, 0) is 4.79 Å². The van der Waals surface area contributed by atoms with Crippen LogP contribution < -0.4 is 14.8 Å².